The first-order chi connectivity index (χ1) is 11.6. The van der Waals surface area contributed by atoms with Crippen LogP contribution in [0.25, 0.3) is 11.0 Å². The molecule has 24 heavy (non-hydrogen) atoms. The summed E-state index contributed by atoms with van der Waals surface area (Å²) in [6.07, 6.45) is 1.47. The summed E-state index contributed by atoms with van der Waals surface area (Å²) in [4.78, 5) is 12.0. The molecule has 0 radical (unpaired) electrons. The smallest absolute Gasteiger partial charge is 0.274 e. The summed E-state index contributed by atoms with van der Waals surface area (Å²) >= 11 is 0. The summed E-state index contributed by atoms with van der Waals surface area (Å²) in [5, 5.41) is 5.02. The number of fused-ring (bicyclic) bond motifs is 1. The lowest BCUT2D eigenvalue weighted by Crippen LogP contribution is -2.19. The van der Waals surface area contributed by atoms with E-state index in [1.165, 1.54) is 6.26 Å². The Labute approximate surface area is 139 Å². The van der Waals surface area contributed by atoms with E-state index in [9.17, 15) is 4.79 Å². The molecule has 6 nitrogen and oxygen atoms in total. The van der Waals surface area contributed by atoms with Gasteiger partial charge in [0.1, 0.15) is 11.5 Å². The first-order valence-corrected chi connectivity index (χ1v) is 7.64. The molecular formula is C18H18N2O4. The van der Waals surface area contributed by atoms with Gasteiger partial charge in [-0.25, -0.2) is 5.43 Å². The number of carbonyl (C=O) groups is 1. The molecule has 6 heteroatoms. The molecule has 0 saturated carbocycles. The molecule has 0 aliphatic carbocycles. The fourth-order valence-corrected chi connectivity index (χ4v) is 2.35. The maximum absolute atomic E-state index is 12.0. The van der Waals surface area contributed by atoms with Crippen molar-refractivity contribution in [3.05, 3.63) is 53.7 Å². The van der Waals surface area contributed by atoms with Gasteiger partial charge in [-0.05, 0) is 39.0 Å². The third-order valence-electron chi connectivity index (χ3n) is 3.59. The van der Waals surface area contributed by atoms with Gasteiger partial charge in [-0.15, -0.1) is 0 Å². The molecule has 0 aliphatic rings. The van der Waals surface area contributed by atoms with Crippen molar-refractivity contribution in [3.63, 3.8) is 0 Å². The number of hydrogen-bond acceptors (Lipinski definition) is 5. The number of amides is 1. The van der Waals surface area contributed by atoms with Crippen LogP contribution in [0.5, 0.6) is 5.75 Å². The highest BCUT2D eigenvalue weighted by molar-refractivity contribution is 6.02. The van der Waals surface area contributed by atoms with Crippen LogP contribution < -0.4 is 10.2 Å². The summed E-state index contributed by atoms with van der Waals surface area (Å²) in [5.74, 6) is 1.48. The Morgan fingerprint density at radius 1 is 1.33 bits per heavy atom. The SMILES string of the molecule is CCOc1cccc2cc(/C(C)=N\NC(=O)c3ccoc3C)oc12. The van der Waals surface area contributed by atoms with Crippen molar-refractivity contribution in [2.45, 2.75) is 20.8 Å². The lowest BCUT2D eigenvalue weighted by Gasteiger charge is -2.02. The molecule has 3 aromatic rings. The fourth-order valence-electron chi connectivity index (χ4n) is 2.35. The number of ether oxygens (including phenoxy) is 1. The summed E-state index contributed by atoms with van der Waals surface area (Å²) in [6.45, 7) is 5.96. The lowest BCUT2D eigenvalue weighted by molar-refractivity contribution is 0.0953. The van der Waals surface area contributed by atoms with Gasteiger partial charge < -0.3 is 13.6 Å². The van der Waals surface area contributed by atoms with E-state index in [2.05, 4.69) is 10.5 Å². The minimum atomic E-state index is -0.327. The number of nitrogens with zero attached hydrogens (tertiary/aromatic N) is 1. The van der Waals surface area contributed by atoms with E-state index in [1.54, 1.807) is 19.9 Å². The zero-order valence-electron chi connectivity index (χ0n) is 13.8. The Kier molecular flexibility index (Phi) is 4.37. The van der Waals surface area contributed by atoms with Gasteiger partial charge in [-0.3, -0.25) is 4.79 Å². The Morgan fingerprint density at radius 3 is 2.88 bits per heavy atom. The molecule has 2 aromatic heterocycles. The van der Waals surface area contributed by atoms with Gasteiger partial charge >= 0.3 is 0 Å². The molecular weight excluding hydrogens is 308 g/mol. The van der Waals surface area contributed by atoms with E-state index >= 15 is 0 Å². The molecule has 0 atom stereocenters. The summed E-state index contributed by atoms with van der Waals surface area (Å²) < 4.78 is 16.5. The van der Waals surface area contributed by atoms with Crippen LogP contribution in [0, 0.1) is 6.92 Å². The number of benzene rings is 1. The van der Waals surface area contributed by atoms with Crippen molar-refractivity contribution in [2.24, 2.45) is 5.10 Å². The topological polar surface area (TPSA) is 77.0 Å². The van der Waals surface area contributed by atoms with E-state index in [1.807, 2.05) is 31.2 Å². The molecule has 1 amide bonds. The van der Waals surface area contributed by atoms with Gasteiger partial charge in [0.05, 0.1) is 18.4 Å². The van der Waals surface area contributed by atoms with Gasteiger partial charge in [-0.2, -0.15) is 5.10 Å². The van der Waals surface area contributed by atoms with E-state index in [0.717, 1.165) is 5.39 Å². The average molecular weight is 326 g/mol. The number of furan rings is 2. The molecule has 0 aliphatic heterocycles. The molecule has 0 saturated heterocycles. The van der Waals surface area contributed by atoms with Crippen molar-refractivity contribution in [1.82, 2.24) is 5.43 Å². The minimum Gasteiger partial charge on any atom is -0.490 e. The molecule has 0 bridgehead atoms. The van der Waals surface area contributed by atoms with Crippen LogP contribution in [0.3, 0.4) is 0 Å². The van der Waals surface area contributed by atoms with Crippen molar-refractivity contribution < 1.29 is 18.4 Å². The molecule has 0 fully saturated rings. The van der Waals surface area contributed by atoms with Gasteiger partial charge in [0.15, 0.2) is 17.1 Å². The van der Waals surface area contributed by atoms with E-state index in [0.29, 0.717) is 40.7 Å². The predicted octanol–water partition coefficient (Wildman–Crippen LogP) is 3.89. The standard InChI is InChI=1S/C18H18N2O4/c1-4-22-15-7-5-6-13-10-16(24-17(13)15)11(2)19-20-18(21)14-8-9-23-12(14)3/h5-10H,4H2,1-3H3,(H,20,21)/b19-11-. The Balaban J connectivity index is 1.83. The van der Waals surface area contributed by atoms with E-state index in [-0.39, 0.29) is 5.91 Å². The number of hydrazone groups is 1. The third-order valence-corrected chi connectivity index (χ3v) is 3.59. The summed E-state index contributed by atoms with van der Waals surface area (Å²) in [7, 11) is 0. The zero-order valence-corrected chi connectivity index (χ0v) is 13.8. The molecule has 3 rings (SSSR count). The van der Waals surface area contributed by atoms with Crippen LogP contribution in [0.2, 0.25) is 0 Å². The number of rotatable bonds is 5. The van der Waals surface area contributed by atoms with Crippen LogP contribution in [0.4, 0.5) is 0 Å². The average Bonchev–Trinajstić information content (AvgIpc) is 3.19. The number of hydrogen-bond donors (Lipinski definition) is 1. The van der Waals surface area contributed by atoms with Crippen molar-refractivity contribution in [2.75, 3.05) is 6.61 Å². The summed E-state index contributed by atoms with van der Waals surface area (Å²) in [5.41, 5.74) is 4.19. The molecule has 0 spiro atoms. The molecule has 1 aromatic carbocycles. The first kappa shape index (κ1) is 15.9. The second-order valence-electron chi connectivity index (χ2n) is 5.25. The Bertz CT molecular complexity index is 905. The Morgan fingerprint density at radius 2 is 2.17 bits per heavy atom. The quantitative estimate of drug-likeness (QED) is 0.570. The van der Waals surface area contributed by atoms with Crippen LogP contribution in [-0.4, -0.2) is 18.2 Å². The van der Waals surface area contributed by atoms with Gasteiger partial charge in [0.2, 0.25) is 0 Å². The second-order valence-corrected chi connectivity index (χ2v) is 5.25. The maximum Gasteiger partial charge on any atom is 0.274 e. The molecule has 2 heterocycles. The number of aryl methyl sites for hydroxylation is 1. The normalized spacial score (nSPS) is 11.7. The monoisotopic (exact) mass is 326 g/mol. The lowest BCUT2D eigenvalue weighted by atomic mass is 10.2. The van der Waals surface area contributed by atoms with Gasteiger partial charge in [0, 0.05) is 5.39 Å². The number of carbonyl (C=O) groups excluding carboxylic acids is 1. The van der Waals surface area contributed by atoms with Crippen molar-refractivity contribution in [3.8, 4) is 5.75 Å². The van der Waals surface area contributed by atoms with E-state index in [4.69, 9.17) is 13.6 Å². The predicted molar refractivity (Wildman–Crippen MR) is 90.5 cm³/mol. The van der Waals surface area contributed by atoms with Crippen molar-refractivity contribution in [1.29, 1.82) is 0 Å². The third kappa shape index (κ3) is 3.03. The highest BCUT2D eigenvalue weighted by Crippen LogP contribution is 2.29. The van der Waals surface area contributed by atoms with Gasteiger partial charge in [0.25, 0.3) is 5.91 Å². The van der Waals surface area contributed by atoms with E-state index < -0.39 is 0 Å². The largest absolute Gasteiger partial charge is 0.490 e. The van der Waals surface area contributed by atoms with Crippen molar-refractivity contribution >= 4 is 22.6 Å². The molecule has 1 N–H and O–H groups in total. The number of nitrogens with one attached hydrogen (secondary N) is 1. The van der Waals surface area contributed by atoms with Crippen LogP contribution in [0.15, 0.2) is 50.5 Å². The fraction of sp³-hybridized carbons (Fsp3) is 0.222. The molecule has 124 valence electrons. The van der Waals surface area contributed by atoms with Crippen LogP contribution in [0.1, 0.15) is 35.7 Å². The van der Waals surface area contributed by atoms with Gasteiger partial charge in [-0.1, -0.05) is 12.1 Å². The summed E-state index contributed by atoms with van der Waals surface area (Å²) in [6, 6.07) is 9.17. The molecule has 0 unspecified atom stereocenters. The maximum atomic E-state index is 12.0. The zero-order chi connectivity index (χ0) is 17.1. The highest BCUT2D eigenvalue weighted by Gasteiger charge is 2.13. The number of para-hydroxylation sites is 1. The van der Waals surface area contributed by atoms with Crippen LogP contribution >= 0.6 is 0 Å². The Hall–Kier alpha value is -3.02. The van der Waals surface area contributed by atoms with Crippen LogP contribution in [-0.2, 0) is 0 Å². The second kappa shape index (κ2) is 6.62. The highest BCUT2D eigenvalue weighted by atomic mass is 16.5. The first-order valence-electron chi connectivity index (χ1n) is 7.64. The minimum absolute atomic E-state index is 0.327.